The van der Waals surface area contributed by atoms with E-state index in [0.29, 0.717) is 6.61 Å². The molecule has 0 saturated heterocycles. The number of hydrogen-bond donors (Lipinski definition) is 0. The summed E-state index contributed by atoms with van der Waals surface area (Å²) in [5.74, 6) is 0.823. The van der Waals surface area contributed by atoms with Crippen molar-refractivity contribution in [3.63, 3.8) is 0 Å². The summed E-state index contributed by atoms with van der Waals surface area (Å²) in [5.41, 5.74) is 1.14. The average Bonchev–Trinajstić information content (AvgIpc) is 2.24. The summed E-state index contributed by atoms with van der Waals surface area (Å²) in [4.78, 5) is 0. The maximum atomic E-state index is 5.64. The Morgan fingerprint density at radius 2 is 2.07 bits per heavy atom. The fourth-order valence-electron chi connectivity index (χ4n) is 1.11. The van der Waals surface area contributed by atoms with Crippen LogP contribution in [0, 0.1) is 0 Å². The SMILES string of the molecule is COCOc1cccc(CO[SiH](C)C)c1. The van der Waals surface area contributed by atoms with Gasteiger partial charge >= 0.3 is 0 Å². The van der Waals surface area contributed by atoms with Crippen LogP contribution in [0.4, 0.5) is 0 Å². The summed E-state index contributed by atoms with van der Waals surface area (Å²) in [7, 11) is 0.665. The molecule has 0 bridgehead atoms. The molecule has 1 aromatic rings. The quantitative estimate of drug-likeness (QED) is 0.549. The molecule has 0 unspecified atom stereocenters. The molecule has 0 heterocycles. The molecule has 3 nitrogen and oxygen atoms in total. The van der Waals surface area contributed by atoms with Gasteiger partial charge in [0, 0.05) is 7.11 Å². The van der Waals surface area contributed by atoms with Gasteiger partial charge in [0.1, 0.15) is 5.75 Å². The molecule has 0 aliphatic rings. The molecule has 0 saturated carbocycles. The van der Waals surface area contributed by atoms with Gasteiger partial charge in [0.05, 0.1) is 6.61 Å². The standard InChI is InChI=1S/C11H18O3Si/c1-12-9-13-11-6-4-5-10(7-11)8-14-15(2)3/h4-7,15H,8-9H2,1-3H3. The van der Waals surface area contributed by atoms with Gasteiger partial charge < -0.3 is 13.9 Å². The van der Waals surface area contributed by atoms with Crippen molar-refractivity contribution in [2.75, 3.05) is 13.9 Å². The van der Waals surface area contributed by atoms with E-state index in [9.17, 15) is 0 Å². The molecule has 0 amide bonds. The lowest BCUT2D eigenvalue weighted by molar-refractivity contribution is 0.0510. The highest BCUT2D eigenvalue weighted by molar-refractivity contribution is 6.48. The highest BCUT2D eigenvalue weighted by Crippen LogP contribution is 2.14. The second-order valence-corrected chi connectivity index (χ2v) is 5.99. The Labute approximate surface area is 92.7 Å². The Bertz CT molecular complexity index is 289. The van der Waals surface area contributed by atoms with E-state index < -0.39 is 9.04 Å². The molecule has 15 heavy (non-hydrogen) atoms. The van der Waals surface area contributed by atoms with Crippen molar-refractivity contribution < 1.29 is 13.9 Å². The summed E-state index contributed by atoms with van der Waals surface area (Å²) in [5, 5.41) is 0. The molecular formula is C11H18O3Si. The van der Waals surface area contributed by atoms with Crippen LogP contribution in [0.15, 0.2) is 24.3 Å². The number of benzene rings is 1. The maximum absolute atomic E-state index is 5.64. The van der Waals surface area contributed by atoms with E-state index in [1.54, 1.807) is 7.11 Å². The highest BCUT2D eigenvalue weighted by Gasteiger charge is 1.99. The first kappa shape index (κ1) is 12.2. The van der Waals surface area contributed by atoms with Crippen molar-refractivity contribution in [1.29, 1.82) is 0 Å². The van der Waals surface area contributed by atoms with Crippen LogP contribution in [-0.4, -0.2) is 22.9 Å². The Kier molecular flexibility index (Phi) is 5.38. The van der Waals surface area contributed by atoms with Crippen molar-refractivity contribution in [3.8, 4) is 5.75 Å². The van der Waals surface area contributed by atoms with E-state index in [0.717, 1.165) is 11.3 Å². The van der Waals surface area contributed by atoms with Crippen molar-refractivity contribution in [2.24, 2.45) is 0 Å². The van der Waals surface area contributed by atoms with E-state index in [2.05, 4.69) is 13.1 Å². The van der Waals surface area contributed by atoms with Gasteiger partial charge in [0.15, 0.2) is 15.8 Å². The first-order chi connectivity index (χ1) is 7.22. The minimum absolute atomic E-state index is 0.281. The van der Waals surface area contributed by atoms with Gasteiger partial charge in [0.25, 0.3) is 0 Å². The first-order valence-corrected chi connectivity index (χ1v) is 7.82. The van der Waals surface area contributed by atoms with Crippen LogP contribution in [0.2, 0.25) is 13.1 Å². The van der Waals surface area contributed by atoms with Crippen molar-refractivity contribution in [2.45, 2.75) is 19.7 Å². The summed E-state index contributed by atoms with van der Waals surface area (Å²) >= 11 is 0. The number of rotatable bonds is 6. The molecule has 1 aromatic carbocycles. The van der Waals surface area contributed by atoms with Crippen LogP contribution in [0.1, 0.15) is 5.56 Å². The summed E-state index contributed by atoms with van der Waals surface area (Å²) in [6.07, 6.45) is 0. The van der Waals surface area contributed by atoms with Crippen molar-refractivity contribution >= 4 is 9.04 Å². The molecule has 0 spiro atoms. The van der Waals surface area contributed by atoms with E-state index in [4.69, 9.17) is 13.9 Å². The fraction of sp³-hybridized carbons (Fsp3) is 0.455. The van der Waals surface area contributed by atoms with E-state index in [1.165, 1.54) is 0 Å². The Morgan fingerprint density at radius 3 is 2.73 bits per heavy atom. The number of ether oxygens (including phenoxy) is 2. The molecule has 0 aromatic heterocycles. The van der Waals surface area contributed by atoms with Crippen LogP contribution in [-0.2, 0) is 15.8 Å². The molecule has 4 heteroatoms. The van der Waals surface area contributed by atoms with Crippen LogP contribution in [0.3, 0.4) is 0 Å². The second kappa shape index (κ2) is 6.61. The van der Waals surface area contributed by atoms with Gasteiger partial charge in [-0.1, -0.05) is 12.1 Å². The van der Waals surface area contributed by atoms with Gasteiger partial charge in [0.2, 0.25) is 0 Å². The average molecular weight is 226 g/mol. The molecule has 0 aliphatic heterocycles. The largest absolute Gasteiger partial charge is 0.468 e. The number of methoxy groups -OCH3 is 1. The van der Waals surface area contributed by atoms with Gasteiger partial charge in [-0.3, -0.25) is 0 Å². The lowest BCUT2D eigenvalue weighted by Gasteiger charge is -2.09. The summed E-state index contributed by atoms with van der Waals surface area (Å²) < 4.78 is 15.8. The highest BCUT2D eigenvalue weighted by atomic mass is 28.3. The third kappa shape index (κ3) is 4.97. The van der Waals surface area contributed by atoms with Crippen LogP contribution >= 0.6 is 0 Å². The van der Waals surface area contributed by atoms with Crippen molar-refractivity contribution in [3.05, 3.63) is 29.8 Å². The van der Waals surface area contributed by atoms with Gasteiger partial charge in [-0.15, -0.1) is 0 Å². The molecule has 0 radical (unpaired) electrons. The fourth-order valence-corrected chi connectivity index (χ4v) is 1.64. The third-order valence-electron chi connectivity index (χ3n) is 1.83. The topological polar surface area (TPSA) is 27.7 Å². The van der Waals surface area contributed by atoms with Crippen molar-refractivity contribution in [1.82, 2.24) is 0 Å². The molecule has 0 aliphatic carbocycles. The summed E-state index contributed by atoms with van der Waals surface area (Å²) in [6.45, 7) is 5.27. The maximum Gasteiger partial charge on any atom is 0.188 e. The summed E-state index contributed by atoms with van der Waals surface area (Å²) in [6, 6.07) is 7.90. The van der Waals surface area contributed by atoms with Crippen LogP contribution < -0.4 is 4.74 Å². The van der Waals surface area contributed by atoms with Crippen LogP contribution in [0.25, 0.3) is 0 Å². The smallest absolute Gasteiger partial charge is 0.188 e. The lowest BCUT2D eigenvalue weighted by Crippen LogP contribution is -2.07. The second-order valence-electron chi connectivity index (χ2n) is 3.56. The van der Waals surface area contributed by atoms with Gasteiger partial charge in [-0.25, -0.2) is 0 Å². The van der Waals surface area contributed by atoms with E-state index in [1.807, 2.05) is 24.3 Å². The lowest BCUT2D eigenvalue weighted by atomic mass is 10.2. The Hall–Kier alpha value is -0.843. The first-order valence-electron chi connectivity index (χ1n) is 5.04. The molecule has 84 valence electrons. The zero-order chi connectivity index (χ0) is 11.1. The zero-order valence-corrected chi connectivity index (χ0v) is 10.7. The van der Waals surface area contributed by atoms with Crippen LogP contribution in [0.5, 0.6) is 5.75 Å². The Morgan fingerprint density at radius 1 is 1.27 bits per heavy atom. The minimum atomic E-state index is -0.944. The predicted octanol–water partition coefficient (Wildman–Crippen LogP) is 2.17. The minimum Gasteiger partial charge on any atom is -0.468 e. The molecule has 0 N–H and O–H groups in total. The van der Waals surface area contributed by atoms with Gasteiger partial charge in [-0.2, -0.15) is 0 Å². The normalized spacial score (nSPS) is 10.7. The van der Waals surface area contributed by atoms with Gasteiger partial charge in [-0.05, 0) is 30.8 Å². The molecule has 0 fully saturated rings. The predicted molar refractivity (Wildman–Crippen MR) is 62.6 cm³/mol. The monoisotopic (exact) mass is 226 g/mol. The molecular weight excluding hydrogens is 208 g/mol. The molecule has 0 atom stereocenters. The molecule has 1 rings (SSSR count). The number of hydrogen-bond acceptors (Lipinski definition) is 3. The van der Waals surface area contributed by atoms with E-state index in [-0.39, 0.29) is 6.79 Å². The zero-order valence-electron chi connectivity index (χ0n) is 9.53. The Balaban J connectivity index is 2.50. The third-order valence-corrected chi connectivity index (χ3v) is 2.66. The van der Waals surface area contributed by atoms with E-state index >= 15 is 0 Å².